The van der Waals surface area contributed by atoms with Crippen LogP contribution in [0.3, 0.4) is 0 Å². The second-order valence-electron chi connectivity index (χ2n) is 4.94. The SMILES string of the molecule is O=C1c2c(ccc(Oc3cncc(Cl)c3)c2C(F)F)S(=O)(=O)C1(F)F. The Bertz CT molecular complexity index is 994. The van der Waals surface area contributed by atoms with Crippen LogP contribution < -0.4 is 4.74 Å². The van der Waals surface area contributed by atoms with Gasteiger partial charge in [-0.25, -0.2) is 17.2 Å². The first-order valence-corrected chi connectivity index (χ1v) is 8.34. The van der Waals surface area contributed by atoms with E-state index < -0.39 is 49.1 Å². The third-order valence-corrected chi connectivity index (χ3v) is 5.40. The topological polar surface area (TPSA) is 73.3 Å². The Morgan fingerprint density at radius 1 is 1.20 bits per heavy atom. The number of ketones is 1. The fraction of sp³-hybridized carbons (Fsp3) is 0.143. The van der Waals surface area contributed by atoms with Crippen LogP contribution in [0.15, 0.2) is 35.5 Å². The molecule has 1 aliphatic rings. The number of nitrogens with zero attached hydrogens (tertiary/aromatic N) is 1. The minimum absolute atomic E-state index is 0.102. The molecule has 0 spiro atoms. The van der Waals surface area contributed by atoms with Crippen molar-refractivity contribution in [1.29, 1.82) is 0 Å². The molecule has 0 bridgehead atoms. The van der Waals surface area contributed by atoms with Gasteiger partial charge in [-0.2, -0.15) is 8.78 Å². The van der Waals surface area contributed by atoms with Gasteiger partial charge in [-0.3, -0.25) is 9.78 Å². The summed E-state index contributed by atoms with van der Waals surface area (Å²) in [6.07, 6.45) is -1.09. The number of alkyl halides is 4. The van der Waals surface area contributed by atoms with E-state index in [0.29, 0.717) is 6.07 Å². The minimum Gasteiger partial charge on any atom is -0.455 e. The van der Waals surface area contributed by atoms with Crippen LogP contribution in [0.2, 0.25) is 5.02 Å². The van der Waals surface area contributed by atoms with Gasteiger partial charge < -0.3 is 4.74 Å². The number of ether oxygens (including phenoxy) is 1. The number of carbonyl (C=O) groups excluding carboxylic acids is 1. The van der Waals surface area contributed by atoms with Crippen LogP contribution in [0.4, 0.5) is 17.6 Å². The Morgan fingerprint density at radius 2 is 1.88 bits per heavy atom. The molecule has 2 aromatic rings. The molecule has 5 nitrogen and oxygen atoms in total. The molecule has 0 saturated heterocycles. The van der Waals surface area contributed by atoms with Gasteiger partial charge in [0.2, 0.25) is 5.78 Å². The van der Waals surface area contributed by atoms with Crippen LogP contribution in [0, 0.1) is 0 Å². The number of sulfone groups is 1. The average molecular weight is 396 g/mol. The van der Waals surface area contributed by atoms with Crippen molar-refractivity contribution in [1.82, 2.24) is 4.98 Å². The van der Waals surface area contributed by atoms with E-state index in [4.69, 9.17) is 16.3 Å². The smallest absolute Gasteiger partial charge is 0.411 e. The normalized spacial score (nSPS) is 17.6. The summed E-state index contributed by atoms with van der Waals surface area (Å²) in [7, 11) is -5.39. The van der Waals surface area contributed by atoms with Gasteiger partial charge >= 0.3 is 5.25 Å². The molecular formula is C14H6ClF4NO4S. The summed E-state index contributed by atoms with van der Waals surface area (Å²) in [5.41, 5.74) is -2.50. The van der Waals surface area contributed by atoms with Gasteiger partial charge in [0.05, 0.1) is 27.2 Å². The largest absolute Gasteiger partial charge is 0.455 e. The van der Waals surface area contributed by atoms with Crippen LogP contribution >= 0.6 is 11.6 Å². The molecule has 0 amide bonds. The average Bonchev–Trinajstić information content (AvgIpc) is 2.65. The van der Waals surface area contributed by atoms with Crippen molar-refractivity contribution in [2.45, 2.75) is 16.6 Å². The van der Waals surface area contributed by atoms with Gasteiger partial charge in [0.1, 0.15) is 11.5 Å². The highest BCUT2D eigenvalue weighted by atomic mass is 35.5. The van der Waals surface area contributed by atoms with Crippen molar-refractivity contribution < 1.29 is 35.5 Å². The summed E-state index contributed by atoms with van der Waals surface area (Å²) in [6.45, 7) is 0. The number of hydrogen-bond acceptors (Lipinski definition) is 5. The molecule has 0 saturated carbocycles. The third-order valence-electron chi connectivity index (χ3n) is 3.41. The monoisotopic (exact) mass is 395 g/mol. The molecule has 0 atom stereocenters. The number of fused-ring (bicyclic) bond motifs is 1. The summed E-state index contributed by atoms with van der Waals surface area (Å²) in [5.74, 6) is -2.97. The lowest BCUT2D eigenvalue weighted by atomic mass is 10.0. The first-order valence-electron chi connectivity index (χ1n) is 6.48. The Morgan fingerprint density at radius 3 is 2.48 bits per heavy atom. The van der Waals surface area contributed by atoms with E-state index >= 15 is 0 Å². The Kier molecular flexibility index (Phi) is 3.99. The quantitative estimate of drug-likeness (QED) is 0.734. The molecule has 1 aliphatic heterocycles. The summed E-state index contributed by atoms with van der Waals surface area (Å²) < 4.78 is 82.9. The number of benzene rings is 1. The van der Waals surface area contributed by atoms with Crippen LogP contribution in [-0.4, -0.2) is 24.4 Å². The summed E-state index contributed by atoms with van der Waals surface area (Å²) in [5, 5.41) is -4.70. The number of Topliss-reactive ketones (excluding diaryl/α,β-unsaturated/α-hetero) is 1. The van der Waals surface area contributed by atoms with Crippen molar-refractivity contribution in [2.24, 2.45) is 0 Å². The third kappa shape index (κ3) is 2.56. The van der Waals surface area contributed by atoms with E-state index in [2.05, 4.69) is 4.98 Å². The van der Waals surface area contributed by atoms with Gasteiger partial charge in [-0.1, -0.05) is 11.6 Å². The second kappa shape index (κ2) is 5.67. The maximum atomic E-state index is 13.7. The zero-order valence-corrected chi connectivity index (χ0v) is 13.4. The summed E-state index contributed by atoms with van der Waals surface area (Å²) in [4.78, 5) is 14.3. The maximum Gasteiger partial charge on any atom is 0.411 e. The van der Waals surface area contributed by atoms with Gasteiger partial charge in [-0.05, 0) is 12.1 Å². The van der Waals surface area contributed by atoms with Crippen molar-refractivity contribution >= 4 is 27.2 Å². The number of pyridine rings is 1. The lowest BCUT2D eigenvalue weighted by Gasteiger charge is -2.13. The number of halogens is 5. The lowest BCUT2D eigenvalue weighted by molar-refractivity contribution is 0.0541. The summed E-state index contributed by atoms with van der Waals surface area (Å²) in [6, 6.07) is 2.61. The molecule has 1 aromatic heterocycles. The van der Waals surface area contributed by atoms with Crippen molar-refractivity contribution in [2.75, 3.05) is 0 Å². The van der Waals surface area contributed by atoms with Crippen LogP contribution in [0.1, 0.15) is 22.3 Å². The highest BCUT2D eigenvalue weighted by molar-refractivity contribution is 7.94. The second-order valence-corrected chi connectivity index (χ2v) is 7.34. The lowest BCUT2D eigenvalue weighted by Crippen LogP contribution is -2.30. The molecule has 0 fully saturated rings. The molecule has 11 heteroatoms. The van der Waals surface area contributed by atoms with E-state index in [-0.39, 0.29) is 10.8 Å². The molecule has 2 heterocycles. The molecule has 0 N–H and O–H groups in total. The number of rotatable bonds is 3. The summed E-state index contributed by atoms with van der Waals surface area (Å²) >= 11 is 5.68. The maximum absolute atomic E-state index is 13.7. The highest BCUT2D eigenvalue weighted by Gasteiger charge is 2.62. The zero-order valence-electron chi connectivity index (χ0n) is 11.8. The van der Waals surface area contributed by atoms with Crippen molar-refractivity contribution in [3.05, 3.63) is 46.7 Å². The molecule has 0 unspecified atom stereocenters. The molecule has 3 rings (SSSR count). The number of aromatic nitrogens is 1. The first kappa shape index (κ1) is 17.6. The van der Waals surface area contributed by atoms with Gasteiger partial charge in [0, 0.05) is 12.3 Å². The van der Waals surface area contributed by atoms with Crippen LogP contribution in [0.25, 0.3) is 0 Å². The van der Waals surface area contributed by atoms with E-state index in [0.717, 1.165) is 12.3 Å². The Hall–Kier alpha value is -2.20. The molecular weight excluding hydrogens is 390 g/mol. The Balaban J connectivity index is 2.22. The van der Waals surface area contributed by atoms with Crippen molar-refractivity contribution in [3.8, 4) is 11.5 Å². The fourth-order valence-electron chi connectivity index (χ4n) is 2.33. The fourth-order valence-corrected chi connectivity index (χ4v) is 3.83. The van der Waals surface area contributed by atoms with Crippen LogP contribution in [0.5, 0.6) is 11.5 Å². The number of carbonyl (C=O) groups is 1. The van der Waals surface area contributed by atoms with Gasteiger partial charge in [0.15, 0.2) is 0 Å². The molecule has 1 aromatic carbocycles. The van der Waals surface area contributed by atoms with Gasteiger partial charge in [-0.15, -0.1) is 0 Å². The standard InChI is InChI=1S/C14H6ClF4NO4S/c15-6-3-7(5-20-4-6)24-8-1-2-9-11(10(8)13(16)17)12(21)14(18,19)25(9,22)23/h1-5,13H. The molecule has 0 radical (unpaired) electrons. The molecule has 25 heavy (non-hydrogen) atoms. The molecule has 0 aliphatic carbocycles. The Labute approximate surface area is 143 Å². The van der Waals surface area contributed by atoms with E-state index in [1.165, 1.54) is 12.3 Å². The van der Waals surface area contributed by atoms with E-state index in [9.17, 15) is 30.8 Å². The van der Waals surface area contributed by atoms with E-state index in [1.54, 1.807) is 0 Å². The predicted molar refractivity (Wildman–Crippen MR) is 77.2 cm³/mol. The molecule has 132 valence electrons. The first-order chi connectivity index (χ1) is 11.6. The van der Waals surface area contributed by atoms with E-state index in [1.807, 2.05) is 0 Å². The van der Waals surface area contributed by atoms with Crippen LogP contribution in [-0.2, 0) is 9.84 Å². The zero-order chi connectivity index (χ0) is 18.6. The minimum atomic E-state index is -5.39. The number of hydrogen-bond donors (Lipinski definition) is 0. The highest BCUT2D eigenvalue weighted by Crippen LogP contribution is 2.48. The van der Waals surface area contributed by atoms with Crippen molar-refractivity contribution in [3.63, 3.8) is 0 Å². The predicted octanol–water partition coefficient (Wildman–Crippen LogP) is 4.03. The van der Waals surface area contributed by atoms with Gasteiger partial charge in [0.25, 0.3) is 16.3 Å².